The second-order valence-electron chi connectivity index (χ2n) is 6.01. The van der Waals surface area contributed by atoms with E-state index in [1.54, 1.807) is 7.11 Å². The second-order valence-corrected chi connectivity index (χ2v) is 6.01. The van der Waals surface area contributed by atoms with Crippen molar-refractivity contribution in [2.75, 3.05) is 13.7 Å². The van der Waals surface area contributed by atoms with Gasteiger partial charge in [0.05, 0.1) is 18.9 Å². The van der Waals surface area contributed by atoms with E-state index in [-0.39, 0.29) is 42.6 Å². The highest BCUT2D eigenvalue weighted by atomic mass is 16.5. The molecule has 1 N–H and O–H groups in total. The van der Waals surface area contributed by atoms with Gasteiger partial charge in [0.2, 0.25) is 17.7 Å². The van der Waals surface area contributed by atoms with Crippen LogP contribution in [0.5, 0.6) is 5.75 Å². The SMILES string of the molecule is COc1ccccc1CNC(=O)CN1C(=O)C2CC=CCC2C1=O. The summed E-state index contributed by atoms with van der Waals surface area (Å²) in [5.41, 5.74) is 0.838. The molecule has 0 bridgehead atoms. The lowest BCUT2D eigenvalue weighted by Gasteiger charge is -2.15. The zero-order valence-electron chi connectivity index (χ0n) is 13.5. The number of carbonyl (C=O) groups is 3. The number of amides is 3. The van der Waals surface area contributed by atoms with Gasteiger partial charge in [0.15, 0.2) is 0 Å². The minimum absolute atomic E-state index is 0.222. The summed E-state index contributed by atoms with van der Waals surface area (Å²) in [5.74, 6) is -0.741. The number of imide groups is 1. The monoisotopic (exact) mass is 328 g/mol. The van der Waals surface area contributed by atoms with E-state index in [0.29, 0.717) is 18.6 Å². The molecule has 2 aliphatic rings. The van der Waals surface area contributed by atoms with Crippen molar-refractivity contribution in [1.82, 2.24) is 10.2 Å². The first kappa shape index (κ1) is 16.2. The first-order valence-corrected chi connectivity index (χ1v) is 8.00. The fraction of sp³-hybridized carbons (Fsp3) is 0.389. The number of hydrogen-bond donors (Lipinski definition) is 1. The Labute approximate surface area is 140 Å². The quantitative estimate of drug-likeness (QED) is 0.652. The molecule has 1 aromatic carbocycles. The number of carbonyl (C=O) groups excluding carboxylic acids is 3. The van der Waals surface area contributed by atoms with E-state index in [1.165, 1.54) is 0 Å². The van der Waals surface area contributed by atoms with Gasteiger partial charge < -0.3 is 10.1 Å². The van der Waals surface area contributed by atoms with Gasteiger partial charge in [-0.25, -0.2) is 0 Å². The number of hydrogen-bond acceptors (Lipinski definition) is 4. The predicted octanol–water partition coefficient (Wildman–Crippen LogP) is 1.26. The lowest BCUT2D eigenvalue weighted by atomic mass is 9.85. The molecule has 24 heavy (non-hydrogen) atoms. The molecule has 0 aromatic heterocycles. The number of ether oxygens (including phenoxy) is 1. The first-order chi connectivity index (χ1) is 11.6. The van der Waals surface area contributed by atoms with E-state index in [2.05, 4.69) is 5.32 Å². The molecule has 0 spiro atoms. The molecule has 1 aromatic rings. The highest BCUT2D eigenvalue weighted by Gasteiger charge is 2.47. The predicted molar refractivity (Wildman–Crippen MR) is 86.9 cm³/mol. The Morgan fingerprint density at radius 2 is 1.79 bits per heavy atom. The first-order valence-electron chi connectivity index (χ1n) is 8.00. The molecule has 0 saturated carbocycles. The van der Waals surface area contributed by atoms with Crippen LogP contribution in [0.25, 0.3) is 0 Å². The third kappa shape index (κ3) is 3.04. The van der Waals surface area contributed by atoms with Gasteiger partial charge in [0, 0.05) is 12.1 Å². The highest BCUT2D eigenvalue weighted by Crippen LogP contribution is 2.34. The maximum absolute atomic E-state index is 12.3. The van der Waals surface area contributed by atoms with Crippen molar-refractivity contribution < 1.29 is 19.1 Å². The molecular weight excluding hydrogens is 308 g/mol. The maximum atomic E-state index is 12.3. The Hall–Kier alpha value is -2.63. The van der Waals surface area contributed by atoms with Gasteiger partial charge in [-0.2, -0.15) is 0 Å². The van der Waals surface area contributed by atoms with Crippen LogP contribution in [0.4, 0.5) is 0 Å². The minimum Gasteiger partial charge on any atom is -0.496 e. The fourth-order valence-corrected chi connectivity index (χ4v) is 3.27. The van der Waals surface area contributed by atoms with E-state index in [1.807, 2.05) is 36.4 Å². The van der Waals surface area contributed by atoms with Crippen LogP contribution in [-0.2, 0) is 20.9 Å². The summed E-state index contributed by atoms with van der Waals surface area (Å²) in [6.45, 7) is 0.0628. The Morgan fingerprint density at radius 1 is 1.17 bits per heavy atom. The molecule has 126 valence electrons. The van der Waals surface area contributed by atoms with Crippen LogP contribution in [0.15, 0.2) is 36.4 Å². The number of benzene rings is 1. The average Bonchev–Trinajstić information content (AvgIpc) is 2.85. The Kier molecular flexibility index (Phi) is 4.64. The number of rotatable bonds is 5. The number of para-hydroxylation sites is 1. The van der Waals surface area contributed by atoms with Crippen molar-refractivity contribution in [2.24, 2.45) is 11.8 Å². The zero-order valence-corrected chi connectivity index (χ0v) is 13.5. The fourth-order valence-electron chi connectivity index (χ4n) is 3.27. The molecule has 6 heteroatoms. The molecular formula is C18H20N2O4. The molecule has 1 heterocycles. The van der Waals surface area contributed by atoms with Crippen molar-refractivity contribution in [2.45, 2.75) is 19.4 Å². The average molecular weight is 328 g/mol. The van der Waals surface area contributed by atoms with Crippen molar-refractivity contribution in [3.05, 3.63) is 42.0 Å². The number of nitrogens with zero attached hydrogens (tertiary/aromatic N) is 1. The van der Waals surface area contributed by atoms with Crippen LogP contribution < -0.4 is 10.1 Å². The molecule has 1 aliphatic heterocycles. The van der Waals surface area contributed by atoms with Crippen LogP contribution >= 0.6 is 0 Å². The van der Waals surface area contributed by atoms with E-state index >= 15 is 0 Å². The lowest BCUT2D eigenvalue weighted by Crippen LogP contribution is -2.40. The molecule has 3 rings (SSSR count). The number of likely N-dealkylation sites (tertiary alicyclic amines) is 1. The number of nitrogens with one attached hydrogen (secondary N) is 1. The van der Waals surface area contributed by atoms with Gasteiger partial charge in [-0.1, -0.05) is 30.4 Å². The van der Waals surface area contributed by atoms with Crippen LogP contribution in [-0.4, -0.2) is 36.3 Å². The molecule has 1 aliphatic carbocycles. The Bertz CT molecular complexity index is 672. The van der Waals surface area contributed by atoms with Crippen LogP contribution in [0.3, 0.4) is 0 Å². The van der Waals surface area contributed by atoms with Gasteiger partial charge in [-0.3, -0.25) is 19.3 Å². The Morgan fingerprint density at radius 3 is 2.42 bits per heavy atom. The molecule has 2 unspecified atom stereocenters. The van der Waals surface area contributed by atoms with Crippen LogP contribution in [0.2, 0.25) is 0 Å². The smallest absolute Gasteiger partial charge is 0.240 e. The van der Waals surface area contributed by atoms with Crippen LogP contribution in [0.1, 0.15) is 18.4 Å². The summed E-state index contributed by atoms with van der Waals surface area (Å²) in [5, 5.41) is 2.74. The van der Waals surface area contributed by atoms with E-state index in [4.69, 9.17) is 4.74 Å². The van der Waals surface area contributed by atoms with Crippen LogP contribution in [0, 0.1) is 11.8 Å². The van der Waals surface area contributed by atoms with Crippen molar-refractivity contribution in [3.63, 3.8) is 0 Å². The number of methoxy groups -OCH3 is 1. The highest BCUT2D eigenvalue weighted by molar-refractivity contribution is 6.07. The summed E-state index contributed by atoms with van der Waals surface area (Å²) in [4.78, 5) is 37.9. The Balaban J connectivity index is 1.59. The molecule has 3 amide bonds. The molecule has 6 nitrogen and oxygen atoms in total. The van der Waals surface area contributed by atoms with Crippen molar-refractivity contribution in [1.29, 1.82) is 0 Å². The van der Waals surface area contributed by atoms with Crippen molar-refractivity contribution in [3.8, 4) is 5.75 Å². The third-order valence-electron chi connectivity index (χ3n) is 4.57. The summed E-state index contributed by atoms with van der Waals surface area (Å²) < 4.78 is 5.23. The van der Waals surface area contributed by atoms with Crippen molar-refractivity contribution >= 4 is 17.7 Å². The normalized spacial score (nSPS) is 22.5. The number of fused-ring (bicyclic) bond motifs is 1. The lowest BCUT2D eigenvalue weighted by molar-refractivity contribution is -0.143. The standard InChI is InChI=1S/C18H20N2O4/c1-24-15-9-5-2-6-12(15)10-19-16(21)11-20-17(22)13-7-3-4-8-14(13)18(20)23/h2-6,9,13-14H,7-8,10-11H2,1H3,(H,19,21). The molecule has 2 atom stereocenters. The van der Waals surface area contributed by atoms with Gasteiger partial charge in [0.1, 0.15) is 12.3 Å². The largest absolute Gasteiger partial charge is 0.496 e. The minimum atomic E-state index is -0.353. The van der Waals surface area contributed by atoms with E-state index in [0.717, 1.165) is 10.5 Å². The van der Waals surface area contributed by atoms with Gasteiger partial charge in [-0.05, 0) is 18.9 Å². The summed E-state index contributed by atoms with van der Waals surface area (Å²) in [6, 6.07) is 7.37. The summed E-state index contributed by atoms with van der Waals surface area (Å²) in [7, 11) is 1.57. The van der Waals surface area contributed by atoms with Gasteiger partial charge in [0.25, 0.3) is 0 Å². The van der Waals surface area contributed by atoms with E-state index < -0.39 is 0 Å². The molecule has 0 radical (unpaired) electrons. The zero-order chi connectivity index (χ0) is 17.1. The molecule has 1 fully saturated rings. The topological polar surface area (TPSA) is 75.7 Å². The molecule has 1 saturated heterocycles. The summed E-state index contributed by atoms with van der Waals surface area (Å²) >= 11 is 0. The van der Waals surface area contributed by atoms with Gasteiger partial charge >= 0.3 is 0 Å². The summed E-state index contributed by atoms with van der Waals surface area (Å²) in [6.07, 6.45) is 5.01. The third-order valence-corrected chi connectivity index (χ3v) is 4.57. The van der Waals surface area contributed by atoms with E-state index in [9.17, 15) is 14.4 Å². The number of allylic oxidation sites excluding steroid dienone is 2. The van der Waals surface area contributed by atoms with Gasteiger partial charge in [-0.15, -0.1) is 0 Å². The maximum Gasteiger partial charge on any atom is 0.240 e. The second kappa shape index (κ2) is 6.86.